The standard InChI is InChI=1S/C12H13FN2O/c13-12-6-10(4-3-9(12)7-14)15-5-1-2-11(15)8-16/h3-4,6,11,16H,1-2,5,8H2. The van der Waals surface area contributed by atoms with Crippen molar-refractivity contribution in [2.45, 2.75) is 18.9 Å². The van der Waals surface area contributed by atoms with Gasteiger partial charge in [-0.25, -0.2) is 4.39 Å². The highest BCUT2D eigenvalue weighted by atomic mass is 19.1. The summed E-state index contributed by atoms with van der Waals surface area (Å²) in [6, 6.07) is 6.45. The molecule has 4 heteroatoms. The fourth-order valence-electron chi connectivity index (χ4n) is 2.14. The SMILES string of the molecule is N#Cc1ccc(N2CCCC2CO)cc1F. The second kappa shape index (κ2) is 4.50. The molecule has 1 N–H and O–H groups in total. The van der Waals surface area contributed by atoms with Crippen molar-refractivity contribution in [3.63, 3.8) is 0 Å². The largest absolute Gasteiger partial charge is 0.394 e. The van der Waals surface area contributed by atoms with Gasteiger partial charge < -0.3 is 10.0 Å². The van der Waals surface area contributed by atoms with E-state index in [-0.39, 0.29) is 18.2 Å². The van der Waals surface area contributed by atoms with Gasteiger partial charge in [0.15, 0.2) is 0 Å². The lowest BCUT2D eigenvalue weighted by atomic mass is 10.1. The number of hydrogen-bond donors (Lipinski definition) is 1. The van der Waals surface area contributed by atoms with Gasteiger partial charge >= 0.3 is 0 Å². The van der Waals surface area contributed by atoms with Crippen molar-refractivity contribution in [1.29, 1.82) is 5.26 Å². The van der Waals surface area contributed by atoms with Crippen LogP contribution in [0.2, 0.25) is 0 Å². The molecule has 0 bridgehead atoms. The molecule has 0 radical (unpaired) electrons. The Morgan fingerprint density at radius 2 is 2.38 bits per heavy atom. The highest BCUT2D eigenvalue weighted by Gasteiger charge is 2.24. The summed E-state index contributed by atoms with van der Waals surface area (Å²) in [6.07, 6.45) is 1.94. The zero-order chi connectivity index (χ0) is 11.5. The predicted octanol–water partition coefficient (Wildman–Crippen LogP) is 1.66. The number of nitriles is 1. The van der Waals surface area contributed by atoms with Gasteiger partial charge in [0.1, 0.15) is 11.9 Å². The van der Waals surface area contributed by atoms with E-state index in [0.717, 1.165) is 25.1 Å². The maximum absolute atomic E-state index is 13.4. The third kappa shape index (κ3) is 1.86. The van der Waals surface area contributed by atoms with Crippen molar-refractivity contribution >= 4 is 5.69 Å². The van der Waals surface area contributed by atoms with Crippen molar-refractivity contribution < 1.29 is 9.50 Å². The molecule has 1 unspecified atom stereocenters. The molecule has 0 aromatic heterocycles. The first-order valence-corrected chi connectivity index (χ1v) is 5.33. The van der Waals surface area contributed by atoms with E-state index >= 15 is 0 Å². The van der Waals surface area contributed by atoms with Gasteiger partial charge in [-0.2, -0.15) is 5.26 Å². The van der Waals surface area contributed by atoms with Gasteiger partial charge in [-0.15, -0.1) is 0 Å². The summed E-state index contributed by atoms with van der Waals surface area (Å²) in [5.74, 6) is -0.497. The Bertz CT molecular complexity index is 428. The molecule has 0 amide bonds. The number of aliphatic hydroxyl groups is 1. The van der Waals surface area contributed by atoms with Crippen LogP contribution in [0.3, 0.4) is 0 Å². The molecule has 2 rings (SSSR count). The van der Waals surface area contributed by atoms with Crippen LogP contribution >= 0.6 is 0 Å². The van der Waals surface area contributed by atoms with E-state index in [1.807, 2.05) is 4.90 Å². The van der Waals surface area contributed by atoms with Gasteiger partial charge in [0.2, 0.25) is 0 Å². The molecular weight excluding hydrogens is 207 g/mol. The summed E-state index contributed by atoms with van der Waals surface area (Å²) in [5, 5.41) is 17.8. The fraction of sp³-hybridized carbons (Fsp3) is 0.417. The van der Waals surface area contributed by atoms with Crippen molar-refractivity contribution in [1.82, 2.24) is 0 Å². The Morgan fingerprint density at radius 3 is 3.00 bits per heavy atom. The molecule has 1 aromatic carbocycles. The van der Waals surface area contributed by atoms with Crippen molar-refractivity contribution in [2.75, 3.05) is 18.1 Å². The Balaban J connectivity index is 2.28. The monoisotopic (exact) mass is 220 g/mol. The second-order valence-electron chi connectivity index (χ2n) is 3.95. The highest BCUT2D eigenvalue weighted by Crippen LogP contribution is 2.26. The summed E-state index contributed by atoms with van der Waals surface area (Å²) < 4.78 is 13.4. The van der Waals surface area contributed by atoms with E-state index in [2.05, 4.69) is 0 Å². The normalized spacial score (nSPS) is 19.8. The molecule has 1 atom stereocenters. The van der Waals surface area contributed by atoms with Crippen molar-refractivity contribution in [3.05, 3.63) is 29.6 Å². The molecule has 1 aliphatic rings. The van der Waals surface area contributed by atoms with Crippen LogP contribution in [0.25, 0.3) is 0 Å². The molecule has 84 valence electrons. The number of rotatable bonds is 2. The molecule has 16 heavy (non-hydrogen) atoms. The Kier molecular flexibility index (Phi) is 3.07. The third-order valence-corrected chi connectivity index (χ3v) is 2.99. The lowest BCUT2D eigenvalue weighted by Crippen LogP contribution is -2.32. The first-order chi connectivity index (χ1) is 7.76. The first-order valence-electron chi connectivity index (χ1n) is 5.33. The zero-order valence-corrected chi connectivity index (χ0v) is 8.86. The minimum Gasteiger partial charge on any atom is -0.394 e. The van der Waals surface area contributed by atoms with Crippen LogP contribution in [0.15, 0.2) is 18.2 Å². The summed E-state index contributed by atoms with van der Waals surface area (Å²) >= 11 is 0. The van der Waals surface area contributed by atoms with Crippen LogP contribution in [0.1, 0.15) is 18.4 Å². The number of aliphatic hydroxyl groups excluding tert-OH is 1. The lowest BCUT2D eigenvalue weighted by molar-refractivity contribution is 0.266. The van der Waals surface area contributed by atoms with Crippen LogP contribution in [0, 0.1) is 17.1 Å². The summed E-state index contributed by atoms with van der Waals surface area (Å²) in [6.45, 7) is 0.915. The smallest absolute Gasteiger partial charge is 0.143 e. The Labute approximate surface area is 93.7 Å². The van der Waals surface area contributed by atoms with E-state index < -0.39 is 5.82 Å². The third-order valence-electron chi connectivity index (χ3n) is 2.99. The predicted molar refractivity (Wildman–Crippen MR) is 58.6 cm³/mol. The van der Waals surface area contributed by atoms with E-state index in [9.17, 15) is 9.50 Å². The highest BCUT2D eigenvalue weighted by molar-refractivity contribution is 5.52. The number of nitrogens with zero attached hydrogens (tertiary/aromatic N) is 2. The second-order valence-corrected chi connectivity index (χ2v) is 3.95. The van der Waals surface area contributed by atoms with E-state index in [1.165, 1.54) is 12.1 Å². The van der Waals surface area contributed by atoms with Crippen molar-refractivity contribution in [2.24, 2.45) is 0 Å². The topological polar surface area (TPSA) is 47.3 Å². The minimum absolute atomic E-state index is 0.0588. The summed E-state index contributed by atoms with van der Waals surface area (Å²) in [4.78, 5) is 1.99. The molecule has 1 aliphatic heterocycles. The molecule has 1 heterocycles. The van der Waals surface area contributed by atoms with Gasteiger partial charge in [-0.05, 0) is 31.0 Å². The van der Waals surface area contributed by atoms with Crippen LogP contribution in [-0.4, -0.2) is 24.3 Å². The molecule has 1 fully saturated rings. The molecule has 0 saturated carbocycles. The molecule has 1 saturated heterocycles. The Hall–Kier alpha value is -1.60. The van der Waals surface area contributed by atoms with Crippen LogP contribution in [0.5, 0.6) is 0 Å². The number of anilines is 1. The van der Waals surface area contributed by atoms with Crippen LogP contribution in [-0.2, 0) is 0 Å². The molecule has 0 spiro atoms. The van der Waals surface area contributed by atoms with E-state index in [1.54, 1.807) is 12.1 Å². The lowest BCUT2D eigenvalue weighted by Gasteiger charge is -2.25. The Morgan fingerprint density at radius 1 is 1.56 bits per heavy atom. The van der Waals surface area contributed by atoms with Gasteiger partial charge in [-0.3, -0.25) is 0 Å². The molecular formula is C12H13FN2O. The quantitative estimate of drug-likeness (QED) is 0.824. The molecule has 3 nitrogen and oxygen atoms in total. The van der Waals surface area contributed by atoms with Gasteiger partial charge in [0.25, 0.3) is 0 Å². The number of halogens is 1. The maximum Gasteiger partial charge on any atom is 0.143 e. The van der Waals surface area contributed by atoms with Gasteiger partial charge in [0.05, 0.1) is 18.2 Å². The fourth-order valence-corrected chi connectivity index (χ4v) is 2.14. The van der Waals surface area contributed by atoms with Gasteiger partial charge in [-0.1, -0.05) is 0 Å². The summed E-state index contributed by atoms with van der Waals surface area (Å²) in [5.41, 5.74) is 0.802. The van der Waals surface area contributed by atoms with Crippen molar-refractivity contribution in [3.8, 4) is 6.07 Å². The minimum atomic E-state index is -0.497. The first kappa shape index (κ1) is 10.9. The number of hydrogen-bond acceptors (Lipinski definition) is 3. The average molecular weight is 220 g/mol. The molecule has 1 aromatic rings. The van der Waals surface area contributed by atoms with E-state index in [0.29, 0.717) is 0 Å². The zero-order valence-electron chi connectivity index (χ0n) is 8.86. The maximum atomic E-state index is 13.4. The average Bonchev–Trinajstić information content (AvgIpc) is 2.77. The summed E-state index contributed by atoms with van der Waals surface area (Å²) in [7, 11) is 0. The van der Waals surface area contributed by atoms with Crippen LogP contribution in [0.4, 0.5) is 10.1 Å². The van der Waals surface area contributed by atoms with Crippen LogP contribution < -0.4 is 4.90 Å². The van der Waals surface area contributed by atoms with Gasteiger partial charge in [0, 0.05) is 12.2 Å². The molecule has 0 aliphatic carbocycles. The van der Waals surface area contributed by atoms with E-state index in [4.69, 9.17) is 5.26 Å². The number of benzene rings is 1.